The quantitative estimate of drug-likeness (QED) is 0.692. The molecular weight excluding hydrogens is 344 g/mol. The maximum Gasteiger partial charge on any atom is 0.348 e. The van der Waals surface area contributed by atoms with Gasteiger partial charge in [-0.3, -0.25) is 9.67 Å². The van der Waals surface area contributed by atoms with Gasteiger partial charge in [-0.15, -0.1) is 0 Å². The van der Waals surface area contributed by atoms with Gasteiger partial charge in [-0.1, -0.05) is 0 Å². The molecule has 0 radical (unpaired) electrons. The van der Waals surface area contributed by atoms with Gasteiger partial charge in [-0.2, -0.15) is 19.0 Å². The van der Waals surface area contributed by atoms with Gasteiger partial charge < -0.3 is 5.73 Å². The van der Waals surface area contributed by atoms with Crippen LogP contribution < -0.4 is 11.4 Å². The Balaban J connectivity index is 1.93. The maximum atomic E-state index is 12.9. The summed E-state index contributed by atoms with van der Waals surface area (Å²) in [5, 5.41) is 10.3. The molecule has 0 atom stereocenters. The van der Waals surface area contributed by atoms with Crippen molar-refractivity contribution < 1.29 is 8.78 Å². The molecule has 3 aromatic heterocycles. The number of halogens is 2. The molecule has 26 heavy (non-hydrogen) atoms. The standard InChI is InChI=1S/C16H17F2N7O/c1-2-24-9-11(7-21-24)13-4-3-12(8-20-13)25-14(22-23-16(25)26)5-10(6-19)15(17)18/h3-4,7-9H,2,5-6,19H2,1H3,(H,23,26). The van der Waals surface area contributed by atoms with E-state index in [4.69, 9.17) is 5.73 Å². The molecule has 0 aliphatic carbocycles. The van der Waals surface area contributed by atoms with Crippen molar-refractivity contribution in [2.45, 2.75) is 19.9 Å². The molecule has 3 N–H and O–H groups in total. The van der Waals surface area contributed by atoms with Crippen LogP contribution in [0.3, 0.4) is 0 Å². The number of aromatic nitrogens is 6. The van der Waals surface area contributed by atoms with Crippen LogP contribution in [-0.4, -0.2) is 36.1 Å². The zero-order valence-electron chi connectivity index (χ0n) is 14.0. The molecule has 10 heteroatoms. The highest BCUT2D eigenvalue weighted by molar-refractivity contribution is 5.57. The Kier molecular flexibility index (Phi) is 5.03. The Morgan fingerprint density at radius 3 is 2.69 bits per heavy atom. The molecule has 0 fully saturated rings. The number of nitrogens with two attached hydrogens (primary N) is 1. The lowest BCUT2D eigenvalue weighted by Gasteiger charge is -2.07. The van der Waals surface area contributed by atoms with Gasteiger partial charge in [0.15, 0.2) is 0 Å². The lowest BCUT2D eigenvalue weighted by atomic mass is 10.2. The number of nitrogens with zero attached hydrogens (tertiary/aromatic N) is 5. The molecule has 0 aliphatic heterocycles. The summed E-state index contributed by atoms with van der Waals surface area (Å²) in [4.78, 5) is 16.4. The number of pyridine rings is 1. The van der Waals surface area contributed by atoms with E-state index >= 15 is 0 Å². The number of nitrogens with one attached hydrogen (secondary N) is 1. The number of H-pyrrole nitrogens is 1. The van der Waals surface area contributed by atoms with E-state index in [-0.39, 0.29) is 24.4 Å². The summed E-state index contributed by atoms with van der Waals surface area (Å²) >= 11 is 0. The topological polar surface area (TPSA) is 107 Å². The molecule has 0 aromatic carbocycles. The van der Waals surface area contributed by atoms with E-state index in [1.165, 1.54) is 10.8 Å². The van der Waals surface area contributed by atoms with Crippen molar-refractivity contribution in [3.8, 4) is 16.9 Å². The average Bonchev–Trinajstić information content (AvgIpc) is 3.26. The van der Waals surface area contributed by atoms with Crippen molar-refractivity contribution in [3.05, 3.63) is 58.7 Å². The lowest BCUT2D eigenvalue weighted by Crippen LogP contribution is -2.18. The fourth-order valence-corrected chi connectivity index (χ4v) is 2.48. The molecule has 3 aromatic rings. The van der Waals surface area contributed by atoms with E-state index in [1.54, 1.807) is 23.0 Å². The lowest BCUT2D eigenvalue weighted by molar-refractivity contribution is 0.407. The van der Waals surface area contributed by atoms with Gasteiger partial charge in [0.25, 0.3) is 6.08 Å². The Morgan fingerprint density at radius 2 is 2.12 bits per heavy atom. The van der Waals surface area contributed by atoms with E-state index < -0.39 is 11.8 Å². The highest BCUT2D eigenvalue weighted by atomic mass is 19.3. The monoisotopic (exact) mass is 361 g/mol. The van der Waals surface area contributed by atoms with Crippen molar-refractivity contribution in [2.75, 3.05) is 6.54 Å². The minimum Gasteiger partial charge on any atom is -0.327 e. The third kappa shape index (κ3) is 3.45. The number of hydrogen-bond acceptors (Lipinski definition) is 5. The Labute approximate surface area is 147 Å². The molecule has 0 saturated carbocycles. The summed E-state index contributed by atoms with van der Waals surface area (Å²) in [5.74, 6) is 0.136. The zero-order chi connectivity index (χ0) is 18.7. The third-order valence-corrected chi connectivity index (χ3v) is 3.89. The van der Waals surface area contributed by atoms with Crippen molar-refractivity contribution in [1.29, 1.82) is 0 Å². The predicted molar refractivity (Wildman–Crippen MR) is 90.9 cm³/mol. The first kappa shape index (κ1) is 17.7. The predicted octanol–water partition coefficient (Wildman–Crippen LogP) is 1.49. The minimum atomic E-state index is -1.86. The normalized spacial score (nSPS) is 10.9. The summed E-state index contributed by atoms with van der Waals surface area (Å²) in [6.45, 7) is 2.40. The first-order chi connectivity index (χ1) is 12.5. The van der Waals surface area contributed by atoms with Crippen molar-refractivity contribution in [3.63, 3.8) is 0 Å². The summed E-state index contributed by atoms with van der Waals surface area (Å²) in [7, 11) is 0. The molecule has 136 valence electrons. The molecule has 0 amide bonds. The number of aromatic amines is 1. The van der Waals surface area contributed by atoms with Crippen LogP contribution in [0, 0.1) is 0 Å². The molecule has 0 aliphatic rings. The van der Waals surface area contributed by atoms with Gasteiger partial charge in [0.05, 0.1) is 23.8 Å². The van der Waals surface area contributed by atoms with E-state index in [0.29, 0.717) is 11.4 Å². The van der Waals surface area contributed by atoms with E-state index in [0.717, 1.165) is 12.1 Å². The minimum absolute atomic E-state index is 0.136. The summed E-state index contributed by atoms with van der Waals surface area (Å²) in [6.07, 6.45) is 2.94. The Hall–Kier alpha value is -3.14. The zero-order valence-corrected chi connectivity index (χ0v) is 14.0. The molecule has 0 bridgehead atoms. The number of aryl methyl sites for hydroxylation is 1. The maximum absolute atomic E-state index is 12.9. The van der Waals surface area contributed by atoms with Crippen LogP contribution in [0.25, 0.3) is 16.9 Å². The SMILES string of the molecule is CCn1cc(-c2ccc(-n3c(CC(CN)=C(F)F)n[nH]c3=O)cn2)cn1. The van der Waals surface area contributed by atoms with Crippen LogP contribution in [0.4, 0.5) is 8.78 Å². The fourth-order valence-electron chi connectivity index (χ4n) is 2.48. The van der Waals surface area contributed by atoms with Gasteiger partial charge in [-0.25, -0.2) is 14.5 Å². The van der Waals surface area contributed by atoms with Crippen LogP contribution in [0.15, 0.2) is 47.2 Å². The number of rotatable bonds is 6. The second kappa shape index (κ2) is 7.40. The van der Waals surface area contributed by atoms with Gasteiger partial charge in [0.2, 0.25) is 0 Å². The second-order valence-corrected chi connectivity index (χ2v) is 5.51. The molecule has 3 rings (SSSR count). The van der Waals surface area contributed by atoms with Crippen LogP contribution in [0.5, 0.6) is 0 Å². The van der Waals surface area contributed by atoms with Crippen LogP contribution in [-0.2, 0) is 13.0 Å². The first-order valence-electron chi connectivity index (χ1n) is 7.92. The molecule has 0 saturated heterocycles. The van der Waals surface area contributed by atoms with Crippen LogP contribution in [0.1, 0.15) is 12.7 Å². The largest absolute Gasteiger partial charge is 0.348 e. The average molecular weight is 361 g/mol. The fraction of sp³-hybridized carbons (Fsp3) is 0.250. The van der Waals surface area contributed by atoms with Crippen molar-refractivity contribution in [2.24, 2.45) is 5.73 Å². The first-order valence-corrected chi connectivity index (χ1v) is 7.92. The van der Waals surface area contributed by atoms with Crippen molar-refractivity contribution >= 4 is 0 Å². The molecular formula is C16H17F2N7O. The van der Waals surface area contributed by atoms with E-state index in [9.17, 15) is 13.6 Å². The molecule has 0 unspecified atom stereocenters. The van der Waals surface area contributed by atoms with E-state index in [2.05, 4.69) is 20.3 Å². The molecule has 3 heterocycles. The Morgan fingerprint density at radius 1 is 1.31 bits per heavy atom. The number of hydrogen-bond donors (Lipinski definition) is 2. The smallest absolute Gasteiger partial charge is 0.327 e. The van der Waals surface area contributed by atoms with Crippen molar-refractivity contribution in [1.82, 2.24) is 29.5 Å². The highest BCUT2D eigenvalue weighted by Crippen LogP contribution is 2.18. The van der Waals surface area contributed by atoms with Gasteiger partial charge in [0.1, 0.15) is 5.82 Å². The summed E-state index contributed by atoms with van der Waals surface area (Å²) in [6, 6.07) is 3.40. The van der Waals surface area contributed by atoms with Gasteiger partial charge in [-0.05, 0) is 19.1 Å². The van der Waals surface area contributed by atoms with E-state index in [1.807, 2.05) is 13.1 Å². The van der Waals surface area contributed by atoms with Crippen LogP contribution in [0.2, 0.25) is 0 Å². The second-order valence-electron chi connectivity index (χ2n) is 5.51. The third-order valence-electron chi connectivity index (χ3n) is 3.89. The van der Waals surface area contributed by atoms with Gasteiger partial charge >= 0.3 is 5.69 Å². The van der Waals surface area contributed by atoms with Gasteiger partial charge in [0, 0.05) is 36.8 Å². The van der Waals surface area contributed by atoms with Crippen LogP contribution >= 0.6 is 0 Å². The molecule has 8 nitrogen and oxygen atoms in total. The summed E-state index contributed by atoms with van der Waals surface area (Å²) < 4.78 is 28.7. The summed E-state index contributed by atoms with van der Waals surface area (Å²) in [5.41, 5.74) is 6.46. The molecule has 0 spiro atoms. The highest BCUT2D eigenvalue weighted by Gasteiger charge is 2.15. The Bertz CT molecular complexity index is 981.